The first-order valence-corrected chi connectivity index (χ1v) is 6.29. The number of benzene rings is 1. The highest BCUT2D eigenvalue weighted by atomic mass is 35.5. The zero-order valence-electron chi connectivity index (χ0n) is 10.4. The van der Waals surface area contributed by atoms with Crippen LogP contribution in [0.25, 0.3) is 0 Å². The Morgan fingerprint density at radius 1 is 1.47 bits per heavy atom. The van der Waals surface area contributed by atoms with E-state index in [0.29, 0.717) is 25.9 Å². The molecule has 1 fully saturated rings. The maximum atomic E-state index is 13.5. The van der Waals surface area contributed by atoms with E-state index < -0.39 is 16.3 Å². The van der Waals surface area contributed by atoms with E-state index in [4.69, 9.17) is 11.6 Å². The number of nitrogens with zero attached hydrogens (tertiary/aromatic N) is 2. The average molecular weight is 289 g/mol. The van der Waals surface area contributed by atoms with Crippen LogP contribution in [0.3, 0.4) is 0 Å². The Morgan fingerprint density at radius 2 is 2.05 bits per heavy atom. The third kappa shape index (κ3) is 2.96. The molecule has 1 saturated heterocycles. The predicted molar refractivity (Wildman–Crippen MR) is 70.1 cm³/mol. The molecule has 2 rings (SSSR count). The van der Waals surface area contributed by atoms with E-state index in [1.807, 2.05) is 0 Å². The molecule has 0 saturated carbocycles. The van der Waals surface area contributed by atoms with Gasteiger partial charge in [-0.2, -0.15) is 0 Å². The van der Waals surface area contributed by atoms with Crippen molar-refractivity contribution in [3.63, 3.8) is 0 Å². The third-order valence-electron chi connectivity index (χ3n) is 3.40. The summed E-state index contributed by atoms with van der Waals surface area (Å²) >= 11 is 5.58. The Balaban J connectivity index is 2.34. The SMILES string of the molecule is CC1(O)CCN(c2cc(F)c(Cl)cc2[N+](=O)[O-])CC1. The molecule has 0 unspecified atom stereocenters. The summed E-state index contributed by atoms with van der Waals surface area (Å²) in [4.78, 5) is 12.1. The van der Waals surface area contributed by atoms with Crippen LogP contribution >= 0.6 is 11.6 Å². The number of piperidine rings is 1. The van der Waals surface area contributed by atoms with Crippen molar-refractivity contribution in [2.24, 2.45) is 0 Å². The number of anilines is 1. The standard InChI is InChI=1S/C12H14ClFN2O3/c1-12(17)2-4-15(5-3-12)10-7-9(14)8(13)6-11(10)16(18)19/h6-7,17H,2-5H2,1H3. The van der Waals surface area contributed by atoms with Crippen LogP contribution in [-0.2, 0) is 0 Å². The summed E-state index contributed by atoms with van der Waals surface area (Å²) < 4.78 is 13.5. The molecule has 0 radical (unpaired) electrons. The van der Waals surface area contributed by atoms with E-state index in [2.05, 4.69) is 0 Å². The van der Waals surface area contributed by atoms with Gasteiger partial charge in [-0.3, -0.25) is 10.1 Å². The summed E-state index contributed by atoms with van der Waals surface area (Å²) in [7, 11) is 0. The maximum Gasteiger partial charge on any atom is 0.294 e. The van der Waals surface area contributed by atoms with Gasteiger partial charge in [-0.15, -0.1) is 0 Å². The number of rotatable bonds is 2. The molecule has 1 N–H and O–H groups in total. The van der Waals surface area contributed by atoms with E-state index in [-0.39, 0.29) is 16.4 Å². The van der Waals surface area contributed by atoms with Gasteiger partial charge >= 0.3 is 0 Å². The van der Waals surface area contributed by atoms with Gasteiger partial charge in [-0.25, -0.2) is 4.39 Å². The normalized spacial score (nSPS) is 18.4. The lowest BCUT2D eigenvalue weighted by Gasteiger charge is -2.36. The fourth-order valence-corrected chi connectivity index (χ4v) is 2.31. The fourth-order valence-electron chi connectivity index (χ4n) is 2.15. The summed E-state index contributed by atoms with van der Waals surface area (Å²) in [6.45, 7) is 2.60. The average Bonchev–Trinajstić information content (AvgIpc) is 2.32. The van der Waals surface area contributed by atoms with Crippen molar-refractivity contribution in [3.8, 4) is 0 Å². The molecule has 104 valence electrons. The second-order valence-corrected chi connectivity index (χ2v) is 5.40. The summed E-state index contributed by atoms with van der Waals surface area (Å²) in [6, 6.07) is 2.11. The quantitative estimate of drug-likeness (QED) is 0.671. The van der Waals surface area contributed by atoms with Crippen LogP contribution in [0.4, 0.5) is 15.8 Å². The van der Waals surface area contributed by atoms with Crippen LogP contribution in [0.1, 0.15) is 19.8 Å². The van der Waals surface area contributed by atoms with E-state index in [1.54, 1.807) is 11.8 Å². The molecule has 0 bridgehead atoms. The number of hydrogen-bond donors (Lipinski definition) is 1. The zero-order valence-corrected chi connectivity index (χ0v) is 11.2. The molecular formula is C12H14ClFN2O3. The molecule has 1 aliphatic rings. The van der Waals surface area contributed by atoms with Gasteiger partial charge in [-0.05, 0) is 19.8 Å². The molecule has 1 aromatic rings. The highest BCUT2D eigenvalue weighted by Gasteiger charge is 2.31. The largest absolute Gasteiger partial charge is 0.390 e. The highest BCUT2D eigenvalue weighted by molar-refractivity contribution is 6.31. The number of hydrogen-bond acceptors (Lipinski definition) is 4. The van der Waals surface area contributed by atoms with Gasteiger partial charge in [0.05, 0.1) is 15.5 Å². The van der Waals surface area contributed by atoms with Crippen molar-refractivity contribution in [1.29, 1.82) is 0 Å². The maximum absolute atomic E-state index is 13.5. The summed E-state index contributed by atoms with van der Waals surface area (Å²) in [5.74, 6) is -0.681. The zero-order chi connectivity index (χ0) is 14.2. The van der Waals surface area contributed by atoms with E-state index in [0.717, 1.165) is 12.1 Å². The molecular weight excluding hydrogens is 275 g/mol. The second-order valence-electron chi connectivity index (χ2n) is 5.00. The van der Waals surface area contributed by atoms with E-state index in [9.17, 15) is 19.6 Å². The minimum atomic E-state index is -0.768. The molecule has 0 amide bonds. The van der Waals surface area contributed by atoms with Gasteiger partial charge in [0.1, 0.15) is 11.5 Å². The molecule has 5 nitrogen and oxygen atoms in total. The monoisotopic (exact) mass is 288 g/mol. The van der Waals surface area contributed by atoms with Crippen molar-refractivity contribution < 1.29 is 14.4 Å². The minimum absolute atomic E-state index is 0.211. The van der Waals surface area contributed by atoms with Gasteiger partial charge in [0.2, 0.25) is 0 Å². The van der Waals surface area contributed by atoms with Gasteiger partial charge in [0.25, 0.3) is 5.69 Å². The van der Waals surface area contributed by atoms with Gasteiger partial charge < -0.3 is 10.0 Å². The van der Waals surface area contributed by atoms with Crippen molar-refractivity contribution in [2.75, 3.05) is 18.0 Å². The van der Waals surface area contributed by atoms with Crippen LogP contribution < -0.4 is 4.90 Å². The van der Waals surface area contributed by atoms with E-state index >= 15 is 0 Å². The molecule has 7 heteroatoms. The number of nitro groups is 1. The van der Waals surface area contributed by atoms with Crippen molar-refractivity contribution >= 4 is 23.0 Å². The topological polar surface area (TPSA) is 66.6 Å². The Hall–Kier alpha value is -1.40. The van der Waals surface area contributed by atoms with Gasteiger partial charge in [0, 0.05) is 25.2 Å². The number of halogens is 2. The number of nitro benzene ring substituents is 1. The van der Waals surface area contributed by atoms with E-state index in [1.165, 1.54) is 0 Å². The molecule has 19 heavy (non-hydrogen) atoms. The molecule has 0 atom stereocenters. The first kappa shape index (κ1) is 14.0. The smallest absolute Gasteiger partial charge is 0.294 e. The van der Waals surface area contributed by atoms with Crippen LogP contribution in [0.2, 0.25) is 5.02 Å². The van der Waals surface area contributed by atoms with Crippen LogP contribution in [0.15, 0.2) is 12.1 Å². The van der Waals surface area contributed by atoms with Crippen molar-refractivity contribution in [3.05, 3.63) is 33.1 Å². The van der Waals surface area contributed by atoms with Gasteiger partial charge in [0.15, 0.2) is 0 Å². The molecule has 1 aliphatic heterocycles. The summed E-state index contributed by atoms with van der Waals surface area (Å²) in [5, 5.41) is 20.6. The van der Waals surface area contributed by atoms with Crippen LogP contribution in [-0.4, -0.2) is 28.7 Å². The highest BCUT2D eigenvalue weighted by Crippen LogP contribution is 2.35. The molecule has 1 aromatic carbocycles. The molecule has 0 aromatic heterocycles. The van der Waals surface area contributed by atoms with Crippen molar-refractivity contribution in [1.82, 2.24) is 0 Å². The first-order chi connectivity index (χ1) is 8.80. The lowest BCUT2D eigenvalue weighted by atomic mass is 9.93. The number of aliphatic hydroxyl groups is 1. The molecule has 1 heterocycles. The Morgan fingerprint density at radius 3 is 2.58 bits per heavy atom. The lowest BCUT2D eigenvalue weighted by molar-refractivity contribution is -0.384. The Bertz CT molecular complexity index is 512. The van der Waals surface area contributed by atoms with Crippen molar-refractivity contribution in [2.45, 2.75) is 25.4 Å². The van der Waals surface area contributed by atoms with Crippen LogP contribution in [0.5, 0.6) is 0 Å². The summed E-state index contributed by atoms with van der Waals surface area (Å²) in [5.41, 5.74) is -0.772. The Labute approximate surface area is 114 Å². The van der Waals surface area contributed by atoms with Gasteiger partial charge in [-0.1, -0.05) is 11.6 Å². The minimum Gasteiger partial charge on any atom is -0.390 e. The lowest BCUT2D eigenvalue weighted by Crippen LogP contribution is -2.42. The first-order valence-electron chi connectivity index (χ1n) is 5.91. The second kappa shape index (κ2) is 4.94. The fraction of sp³-hybridized carbons (Fsp3) is 0.500. The molecule has 0 aliphatic carbocycles. The predicted octanol–water partition coefficient (Wildman–Crippen LogP) is 2.74. The van der Waals surface area contributed by atoms with Crippen LogP contribution in [0, 0.1) is 15.9 Å². The Kier molecular flexibility index (Phi) is 3.64. The summed E-state index contributed by atoms with van der Waals surface area (Å²) in [6.07, 6.45) is 0.961. The third-order valence-corrected chi connectivity index (χ3v) is 3.69. The molecule has 0 spiro atoms.